The lowest BCUT2D eigenvalue weighted by Crippen LogP contribution is -2.49. The first-order valence-electron chi connectivity index (χ1n) is 13.2. The van der Waals surface area contributed by atoms with Crippen molar-refractivity contribution in [3.63, 3.8) is 0 Å². The second-order valence-corrected chi connectivity index (χ2v) is 11.4. The summed E-state index contributed by atoms with van der Waals surface area (Å²) in [7, 11) is 0. The third kappa shape index (κ3) is 3.33. The van der Waals surface area contributed by atoms with Gasteiger partial charge in [0.05, 0.1) is 5.52 Å². The van der Waals surface area contributed by atoms with E-state index in [2.05, 4.69) is 65.6 Å². The number of amides is 1. The minimum absolute atomic E-state index is 0.101. The quantitative estimate of drug-likeness (QED) is 0.515. The van der Waals surface area contributed by atoms with E-state index in [1.54, 1.807) is 0 Å². The number of benzene rings is 2. The van der Waals surface area contributed by atoms with E-state index in [1.165, 1.54) is 55.2 Å². The van der Waals surface area contributed by atoms with Crippen LogP contribution in [0.4, 0.5) is 5.69 Å². The molecule has 34 heavy (non-hydrogen) atoms. The summed E-state index contributed by atoms with van der Waals surface area (Å²) < 4.78 is 0. The van der Waals surface area contributed by atoms with Crippen LogP contribution in [-0.4, -0.2) is 42.0 Å². The lowest BCUT2D eigenvalue weighted by Gasteiger charge is -2.57. The van der Waals surface area contributed by atoms with E-state index in [1.807, 2.05) is 4.90 Å². The van der Waals surface area contributed by atoms with Crippen LogP contribution in [0, 0.1) is 17.8 Å². The molecule has 1 aliphatic heterocycles. The molecule has 0 radical (unpaired) electrons. The maximum Gasteiger partial charge on any atom is 0.272 e. The predicted octanol–water partition coefficient (Wildman–Crippen LogP) is 5.67. The summed E-state index contributed by atoms with van der Waals surface area (Å²) in [4.78, 5) is 23.0. The largest absolute Gasteiger partial charge is 0.368 e. The van der Waals surface area contributed by atoms with Crippen molar-refractivity contribution < 1.29 is 4.79 Å². The lowest BCUT2D eigenvalue weighted by atomic mass is 9.48. The molecule has 4 aliphatic carbocycles. The average Bonchev–Trinajstić information content (AvgIpc) is 2.87. The molecular formula is C30H33N3O. The fraction of sp³-hybridized carbons (Fsp3) is 0.467. The first-order chi connectivity index (χ1) is 16.7. The van der Waals surface area contributed by atoms with Crippen molar-refractivity contribution in [1.82, 2.24) is 9.88 Å². The van der Waals surface area contributed by atoms with Gasteiger partial charge in [0, 0.05) is 37.3 Å². The standard InChI is InChI=1S/C30H33N3O/c34-29(33-12-10-32(11-13-33)24-6-2-1-3-7-24)28-17-26(25-8-4-5-9-27(25)31-28)30-18-21-14-22(19-30)16-23(15-21)20-30/h1-9,17,21-23H,10-16,18-20H2. The molecule has 1 amide bonds. The zero-order valence-electron chi connectivity index (χ0n) is 19.8. The Morgan fingerprint density at radius 2 is 1.41 bits per heavy atom. The Morgan fingerprint density at radius 1 is 0.794 bits per heavy atom. The van der Waals surface area contributed by atoms with Gasteiger partial charge in [0.15, 0.2) is 0 Å². The number of hydrogen-bond acceptors (Lipinski definition) is 3. The summed E-state index contributed by atoms with van der Waals surface area (Å²) in [6.07, 6.45) is 8.20. The summed E-state index contributed by atoms with van der Waals surface area (Å²) in [5, 5.41) is 1.27. The van der Waals surface area contributed by atoms with Crippen LogP contribution in [-0.2, 0) is 5.41 Å². The Kier molecular flexibility index (Phi) is 4.72. The molecule has 0 atom stereocenters. The van der Waals surface area contributed by atoms with Gasteiger partial charge in [-0.1, -0.05) is 36.4 Å². The molecule has 8 rings (SSSR count). The molecule has 0 spiro atoms. The number of aromatic nitrogens is 1. The van der Waals surface area contributed by atoms with Gasteiger partial charge in [0.1, 0.15) is 5.69 Å². The number of pyridine rings is 1. The van der Waals surface area contributed by atoms with E-state index in [4.69, 9.17) is 4.98 Å². The summed E-state index contributed by atoms with van der Waals surface area (Å²) >= 11 is 0. The first-order valence-corrected chi connectivity index (χ1v) is 13.2. The van der Waals surface area contributed by atoms with E-state index in [-0.39, 0.29) is 11.3 Å². The molecule has 5 fully saturated rings. The molecular weight excluding hydrogens is 418 g/mol. The fourth-order valence-corrected chi connectivity index (χ4v) is 8.13. The monoisotopic (exact) mass is 451 g/mol. The molecule has 5 aliphatic rings. The average molecular weight is 452 g/mol. The third-order valence-corrected chi connectivity index (χ3v) is 9.23. The van der Waals surface area contributed by atoms with Gasteiger partial charge in [0.2, 0.25) is 0 Å². The van der Waals surface area contributed by atoms with Crippen LogP contribution >= 0.6 is 0 Å². The summed E-state index contributed by atoms with van der Waals surface area (Å²) in [6, 6.07) is 21.3. The molecule has 2 heterocycles. The highest BCUT2D eigenvalue weighted by Gasteiger charge is 2.52. The topological polar surface area (TPSA) is 36.4 Å². The molecule has 1 aromatic heterocycles. The fourth-order valence-electron chi connectivity index (χ4n) is 8.13. The highest BCUT2D eigenvalue weighted by molar-refractivity contribution is 5.96. The van der Waals surface area contributed by atoms with Crippen molar-refractivity contribution in [3.8, 4) is 0 Å². The Bertz CT molecular complexity index is 1190. The molecule has 174 valence electrons. The van der Waals surface area contributed by atoms with Crippen molar-refractivity contribution >= 4 is 22.5 Å². The minimum Gasteiger partial charge on any atom is -0.368 e. The lowest BCUT2D eigenvalue weighted by molar-refractivity contribution is -0.00455. The Balaban J connectivity index is 1.21. The van der Waals surface area contributed by atoms with Gasteiger partial charge in [-0.25, -0.2) is 4.98 Å². The Hall–Kier alpha value is -2.88. The molecule has 0 unspecified atom stereocenters. The number of para-hydroxylation sites is 2. The van der Waals surface area contributed by atoms with Crippen molar-refractivity contribution in [2.24, 2.45) is 17.8 Å². The van der Waals surface area contributed by atoms with E-state index < -0.39 is 0 Å². The van der Waals surface area contributed by atoms with Crippen LogP contribution in [0.1, 0.15) is 54.6 Å². The molecule has 0 N–H and O–H groups in total. The van der Waals surface area contributed by atoms with Gasteiger partial charge in [-0.05, 0) is 91.5 Å². The van der Waals surface area contributed by atoms with Crippen LogP contribution in [0.25, 0.3) is 10.9 Å². The molecule has 4 heteroatoms. The second-order valence-electron chi connectivity index (χ2n) is 11.4. The minimum atomic E-state index is 0.101. The van der Waals surface area contributed by atoms with Gasteiger partial charge in [-0.2, -0.15) is 0 Å². The number of fused-ring (bicyclic) bond motifs is 1. The van der Waals surface area contributed by atoms with Gasteiger partial charge in [-0.3, -0.25) is 4.79 Å². The van der Waals surface area contributed by atoms with Gasteiger partial charge in [0.25, 0.3) is 5.91 Å². The number of rotatable bonds is 3. The van der Waals surface area contributed by atoms with Crippen LogP contribution in [0.2, 0.25) is 0 Å². The van der Waals surface area contributed by atoms with Crippen LogP contribution in [0.5, 0.6) is 0 Å². The maximum atomic E-state index is 13.7. The molecule has 1 saturated heterocycles. The van der Waals surface area contributed by atoms with Crippen LogP contribution in [0.3, 0.4) is 0 Å². The molecule has 4 nitrogen and oxygen atoms in total. The Morgan fingerprint density at radius 3 is 2.09 bits per heavy atom. The van der Waals surface area contributed by atoms with Crippen molar-refractivity contribution in [2.45, 2.75) is 43.9 Å². The predicted molar refractivity (Wildman–Crippen MR) is 136 cm³/mol. The Labute approximate surface area is 202 Å². The van der Waals surface area contributed by atoms with Gasteiger partial charge >= 0.3 is 0 Å². The van der Waals surface area contributed by atoms with E-state index >= 15 is 0 Å². The van der Waals surface area contributed by atoms with E-state index in [0.717, 1.165) is 49.4 Å². The number of carbonyl (C=O) groups is 1. The number of hydrogen-bond donors (Lipinski definition) is 0. The maximum absolute atomic E-state index is 13.7. The van der Waals surface area contributed by atoms with E-state index in [0.29, 0.717) is 5.69 Å². The van der Waals surface area contributed by atoms with Crippen LogP contribution in [0.15, 0.2) is 60.7 Å². The van der Waals surface area contributed by atoms with Crippen molar-refractivity contribution in [3.05, 3.63) is 71.9 Å². The SMILES string of the molecule is O=C(c1cc(C23CC4CC(CC(C4)C2)C3)c2ccccc2n1)N1CCN(c2ccccc2)CC1. The molecule has 2 aromatic carbocycles. The zero-order chi connectivity index (χ0) is 22.7. The number of carbonyl (C=O) groups excluding carboxylic acids is 1. The highest BCUT2D eigenvalue weighted by atomic mass is 16.2. The van der Waals surface area contributed by atoms with Crippen molar-refractivity contribution in [2.75, 3.05) is 31.1 Å². The number of piperazine rings is 1. The highest BCUT2D eigenvalue weighted by Crippen LogP contribution is 2.61. The van der Waals surface area contributed by atoms with Gasteiger partial charge < -0.3 is 9.80 Å². The third-order valence-electron chi connectivity index (χ3n) is 9.23. The summed E-state index contributed by atoms with van der Waals surface area (Å²) in [5.41, 5.74) is 4.55. The smallest absolute Gasteiger partial charge is 0.272 e. The van der Waals surface area contributed by atoms with Crippen molar-refractivity contribution in [1.29, 1.82) is 0 Å². The first kappa shape index (κ1) is 20.5. The molecule has 4 bridgehead atoms. The number of anilines is 1. The molecule has 4 saturated carbocycles. The zero-order valence-corrected chi connectivity index (χ0v) is 19.8. The molecule has 3 aromatic rings. The summed E-state index contributed by atoms with van der Waals surface area (Å²) in [5.74, 6) is 2.74. The van der Waals surface area contributed by atoms with Crippen LogP contribution < -0.4 is 4.90 Å². The van der Waals surface area contributed by atoms with E-state index in [9.17, 15) is 4.79 Å². The van der Waals surface area contributed by atoms with Gasteiger partial charge in [-0.15, -0.1) is 0 Å². The second kappa shape index (κ2) is 7.83. The summed E-state index contributed by atoms with van der Waals surface area (Å²) in [6.45, 7) is 3.22. The number of nitrogens with zero attached hydrogens (tertiary/aromatic N) is 3. The normalized spacial score (nSPS) is 30.2.